The van der Waals surface area contributed by atoms with Gasteiger partial charge in [0.2, 0.25) is 0 Å². The molecular weight excluding hydrogens is 343 g/mol. The van der Waals surface area contributed by atoms with Crippen LogP contribution in [0.15, 0.2) is 28.1 Å². The number of thiophene rings is 1. The van der Waals surface area contributed by atoms with Crippen molar-refractivity contribution in [3.8, 4) is 0 Å². The predicted octanol–water partition coefficient (Wildman–Crippen LogP) is 5.21. The molecule has 2 rings (SSSR count). The first-order valence-electron chi connectivity index (χ1n) is 4.88. The van der Waals surface area contributed by atoms with Crippen LogP contribution in [0.1, 0.15) is 22.1 Å². The fourth-order valence-corrected chi connectivity index (χ4v) is 3.51. The smallest absolute Gasteiger partial charge is 0.114 e. The third kappa shape index (κ3) is 2.69. The molecule has 0 amide bonds. The average molecular weight is 352 g/mol. The Bertz CT molecular complexity index is 534. The van der Waals surface area contributed by atoms with E-state index in [1.165, 1.54) is 11.3 Å². The Balaban J connectivity index is 2.43. The minimum Gasteiger partial charge on any atom is -0.383 e. The molecule has 1 nitrogen and oxygen atoms in total. The lowest BCUT2D eigenvalue weighted by molar-refractivity contribution is 0.223. The van der Waals surface area contributed by atoms with Gasteiger partial charge in [-0.1, -0.05) is 35.3 Å². The van der Waals surface area contributed by atoms with Gasteiger partial charge in [-0.05, 0) is 46.1 Å². The summed E-state index contributed by atoms with van der Waals surface area (Å²) in [6.45, 7) is 1.89. The first-order chi connectivity index (χ1) is 8.00. The Morgan fingerprint density at radius 3 is 2.59 bits per heavy atom. The molecule has 17 heavy (non-hydrogen) atoms. The van der Waals surface area contributed by atoms with E-state index >= 15 is 0 Å². The van der Waals surface area contributed by atoms with Gasteiger partial charge in [-0.3, -0.25) is 0 Å². The van der Waals surface area contributed by atoms with Gasteiger partial charge in [-0.25, -0.2) is 0 Å². The fraction of sp³-hybridized carbons (Fsp3) is 0.167. The maximum absolute atomic E-state index is 10.3. The molecule has 0 fully saturated rings. The number of benzene rings is 1. The molecule has 0 aliphatic heterocycles. The van der Waals surface area contributed by atoms with Crippen molar-refractivity contribution in [2.24, 2.45) is 0 Å². The highest BCUT2D eigenvalue weighted by Gasteiger charge is 2.17. The zero-order valence-electron chi connectivity index (χ0n) is 8.88. The maximum Gasteiger partial charge on any atom is 0.114 e. The van der Waals surface area contributed by atoms with Crippen molar-refractivity contribution in [1.82, 2.24) is 0 Å². The summed E-state index contributed by atoms with van der Waals surface area (Å²) in [5, 5.41) is 11.6. The molecule has 90 valence electrons. The molecule has 0 radical (unpaired) electrons. The number of halogens is 3. The summed E-state index contributed by atoms with van der Waals surface area (Å²) < 4.78 is 0.827. The first kappa shape index (κ1) is 13.4. The lowest BCUT2D eigenvalue weighted by atomic mass is 10.0. The van der Waals surface area contributed by atoms with Crippen molar-refractivity contribution in [1.29, 1.82) is 0 Å². The highest BCUT2D eigenvalue weighted by atomic mass is 79.9. The molecule has 2 aromatic rings. The van der Waals surface area contributed by atoms with E-state index in [0.29, 0.717) is 10.0 Å². The van der Waals surface area contributed by atoms with Gasteiger partial charge in [-0.15, -0.1) is 11.3 Å². The SMILES string of the molecule is Cc1c(Cl)cccc1C(O)c1cc(Cl)c(Br)s1. The van der Waals surface area contributed by atoms with Crippen LogP contribution in [0.5, 0.6) is 0 Å². The highest BCUT2D eigenvalue weighted by Crippen LogP contribution is 2.38. The van der Waals surface area contributed by atoms with Gasteiger partial charge in [0.25, 0.3) is 0 Å². The van der Waals surface area contributed by atoms with E-state index in [4.69, 9.17) is 23.2 Å². The lowest BCUT2D eigenvalue weighted by Crippen LogP contribution is -2.00. The predicted molar refractivity (Wildman–Crippen MR) is 77.3 cm³/mol. The third-order valence-electron chi connectivity index (χ3n) is 2.54. The summed E-state index contributed by atoms with van der Waals surface area (Å²) in [6, 6.07) is 7.28. The van der Waals surface area contributed by atoms with Crippen molar-refractivity contribution < 1.29 is 5.11 Å². The molecule has 0 saturated heterocycles. The highest BCUT2D eigenvalue weighted by molar-refractivity contribution is 9.11. The molecule has 0 saturated carbocycles. The Labute approximate surface area is 122 Å². The van der Waals surface area contributed by atoms with E-state index in [2.05, 4.69) is 15.9 Å². The third-order valence-corrected chi connectivity index (χ3v) is 5.47. The Morgan fingerprint density at radius 1 is 1.29 bits per heavy atom. The molecule has 1 aromatic heterocycles. The average Bonchev–Trinajstić information content (AvgIpc) is 2.62. The molecular formula is C12H9BrCl2OS. The number of aliphatic hydroxyl groups excluding tert-OH is 1. The summed E-state index contributed by atoms with van der Waals surface area (Å²) in [4.78, 5) is 0.798. The van der Waals surface area contributed by atoms with Crippen LogP contribution in [0.4, 0.5) is 0 Å². The second-order valence-electron chi connectivity index (χ2n) is 3.63. The zero-order valence-corrected chi connectivity index (χ0v) is 12.8. The molecule has 0 aliphatic carbocycles. The van der Waals surface area contributed by atoms with Crippen molar-refractivity contribution in [2.45, 2.75) is 13.0 Å². The van der Waals surface area contributed by atoms with Gasteiger partial charge in [-0.2, -0.15) is 0 Å². The summed E-state index contributed by atoms with van der Waals surface area (Å²) >= 11 is 16.8. The van der Waals surface area contributed by atoms with Gasteiger partial charge in [0, 0.05) is 9.90 Å². The van der Waals surface area contributed by atoms with E-state index in [1.54, 1.807) is 6.07 Å². The van der Waals surface area contributed by atoms with Crippen LogP contribution in [-0.2, 0) is 0 Å². The van der Waals surface area contributed by atoms with Crippen molar-refractivity contribution in [3.63, 3.8) is 0 Å². The van der Waals surface area contributed by atoms with Crippen molar-refractivity contribution >= 4 is 50.5 Å². The molecule has 1 atom stereocenters. The maximum atomic E-state index is 10.3. The molecule has 0 aliphatic rings. The van der Waals surface area contributed by atoms with Gasteiger partial charge in [0.05, 0.1) is 8.81 Å². The summed E-state index contributed by atoms with van der Waals surface area (Å²) in [6.07, 6.45) is -0.692. The molecule has 1 aromatic carbocycles. The van der Waals surface area contributed by atoms with E-state index < -0.39 is 6.10 Å². The first-order valence-corrected chi connectivity index (χ1v) is 7.25. The lowest BCUT2D eigenvalue weighted by Gasteiger charge is -2.12. The minimum atomic E-state index is -0.692. The van der Waals surface area contributed by atoms with Gasteiger partial charge in [0.15, 0.2) is 0 Å². The Kier molecular flexibility index (Phi) is 4.16. The van der Waals surface area contributed by atoms with Crippen LogP contribution < -0.4 is 0 Å². The summed E-state index contributed by atoms with van der Waals surface area (Å²) in [5.74, 6) is 0. The molecule has 1 unspecified atom stereocenters. The standard InChI is InChI=1S/C12H9BrCl2OS/c1-6-7(3-2-4-8(6)14)11(16)10-5-9(15)12(13)17-10/h2-5,11,16H,1H3. The van der Waals surface area contributed by atoms with Crippen LogP contribution in [0, 0.1) is 6.92 Å². The monoisotopic (exact) mass is 350 g/mol. The van der Waals surface area contributed by atoms with Crippen LogP contribution in [0.3, 0.4) is 0 Å². The number of hydrogen-bond acceptors (Lipinski definition) is 2. The van der Waals surface area contributed by atoms with E-state index in [0.717, 1.165) is 19.8 Å². The van der Waals surface area contributed by atoms with Crippen LogP contribution in [0.2, 0.25) is 10.0 Å². The van der Waals surface area contributed by atoms with E-state index in [-0.39, 0.29) is 0 Å². The van der Waals surface area contributed by atoms with E-state index in [9.17, 15) is 5.11 Å². The quantitative estimate of drug-likeness (QED) is 0.787. The Morgan fingerprint density at radius 2 is 2.00 bits per heavy atom. The molecule has 1 N–H and O–H groups in total. The fourth-order valence-electron chi connectivity index (χ4n) is 1.57. The number of hydrogen-bond donors (Lipinski definition) is 1. The van der Waals surface area contributed by atoms with Gasteiger partial charge < -0.3 is 5.11 Å². The zero-order chi connectivity index (χ0) is 12.6. The van der Waals surface area contributed by atoms with Crippen LogP contribution in [0.25, 0.3) is 0 Å². The van der Waals surface area contributed by atoms with Crippen LogP contribution >= 0.6 is 50.5 Å². The molecule has 0 spiro atoms. The second kappa shape index (κ2) is 5.29. The van der Waals surface area contributed by atoms with Crippen LogP contribution in [-0.4, -0.2) is 5.11 Å². The number of rotatable bonds is 2. The molecule has 5 heteroatoms. The largest absolute Gasteiger partial charge is 0.383 e. The van der Waals surface area contributed by atoms with Gasteiger partial charge >= 0.3 is 0 Å². The van der Waals surface area contributed by atoms with Crippen molar-refractivity contribution in [2.75, 3.05) is 0 Å². The second-order valence-corrected chi connectivity index (χ2v) is 6.84. The minimum absolute atomic E-state index is 0.615. The number of aliphatic hydroxyl groups is 1. The topological polar surface area (TPSA) is 20.2 Å². The Hall–Kier alpha value is -0.0600. The summed E-state index contributed by atoms with van der Waals surface area (Å²) in [5.41, 5.74) is 1.70. The summed E-state index contributed by atoms with van der Waals surface area (Å²) in [7, 11) is 0. The van der Waals surface area contributed by atoms with E-state index in [1.807, 2.05) is 25.1 Å². The normalized spacial score (nSPS) is 12.8. The van der Waals surface area contributed by atoms with Crippen molar-refractivity contribution in [3.05, 3.63) is 54.1 Å². The molecule has 0 bridgehead atoms. The van der Waals surface area contributed by atoms with Gasteiger partial charge in [0.1, 0.15) is 6.10 Å². The molecule has 1 heterocycles.